The Morgan fingerprint density at radius 2 is 2.07 bits per heavy atom. The number of rotatable bonds is 3. The molecule has 0 amide bonds. The maximum absolute atomic E-state index is 9.53. The predicted octanol–water partition coefficient (Wildman–Crippen LogP) is 0.691. The van der Waals surface area contributed by atoms with E-state index in [1.54, 1.807) is 0 Å². The van der Waals surface area contributed by atoms with Crippen LogP contribution in [0.15, 0.2) is 24.5 Å². The number of pyridine rings is 1. The second-order valence-electron chi connectivity index (χ2n) is 4.31. The van der Waals surface area contributed by atoms with Crippen LogP contribution in [0.1, 0.15) is 12.5 Å². The Bertz CT molecular complexity index is 289. The molecule has 1 aromatic rings. The molecule has 0 aliphatic carbocycles. The fraction of sp³-hybridized carbons (Fsp3) is 0.545. The van der Waals surface area contributed by atoms with Crippen LogP contribution in [-0.2, 0) is 6.42 Å². The summed E-state index contributed by atoms with van der Waals surface area (Å²) < 4.78 is 0. The third-order valence-electron chi connectivity index (χ3n) is 2.59. The molecule has 0 radical (unpaired) electrons. The molecule has 1 aromatic heterocycles. The van der Waals surface area contributed by atoms with Crippen molar-refractivity contribution >= 4 is 0 Å². The van der Waals surface area contributed by atoms with Gasteiger partial charge in [-0.2, -0.15) is 0 Å². The molecule has 0 saturated carbocycles. The minimum Gasteiger partial charge on any atom is -0.388 e. The molecule has 0 atom stereocenters. The highest BCUT2D eigenvalue weighted by molar-refractivity contribution is 5.10. The van der Waals surface area contributed by atoms with E-state index in [0.29, 0.717) is 0 Å². The minimum absolute atomic E-state index is 0.446. The molecule has 2 heterocycles. The number of hydrogen-bond acceptors (Lipinski definition) is 3. The third kappa shape index (κ3) is 2.30. The number of nitrogens with zero attached hydrogens (tertiary/aromatic N) is 2. The Balaban J connectivity index is 1.75. The molecule has 0 spiro atoms. The first-order valence-electron chi connectivity index (χ1n) is 4.99. The number of hydrogen-bond donors (Lipinski definition) is 1. The topological polar surface area (TPSA) is 36.4 Å². The standard InChI is InChI=1S/C11H16N2O/c1-11(14)8-13(9-11)7-4-10-2-5-12-6-3-10/h2-3,5-6,14H,4,7-9H2,1H3. The quantitative estimate of drug-likeness (QED) is 0.765. The molecule has 0 aromatic carbocycles. The summed E-state index contributed by atoms with van der Waals surface area (Å²) in [6, 6.07) is 4.08. The predicted molar refractivity (Wildman–Crippen MR) is 55.0 cm³/mol. The van der Waals surface area contributed by atoms with E-state index in [9.17, 15) is 5.11 Å². The van der Waals surface area contributed by atoms with Crippen LogP contribution in [0, 0.1) is 0 Å². The normalized spacial score (nSPS) is 20.4. The second-order valence-corrected chi connectivity index (χ2v) is 4.31. The molecule has 1 fully saturated rings. The molecule has 0 unspecified atom stereocenters. The van der Waals surface area contributed by atoms with Crippen LogP contribution < -0.4 is 0 Å². The zero-order chi connectivity index (χ0) is 10.0. The lowest BCUT2D eigenvalue weighted by Crippen LogP contribution is -2.60. The van der Waals surface area contributed by atoms with Gasteiger partial charge in [0.2, 0.25) is 0 Å². The van der Waals surface area contributed by atoms with Gasteiger partial charge in [0.05, 0.1) is 5.60 Å². The summed E-state index contributed by atoms with van der Waals surface area (Å²) in [4.78, 5) is 6.24. The van der Waals surface area contributed by atoms with Crippen molar-refractivity contribution in [1.82, 2.24) is 9.88 Å². The zero-order valence-corrected chi connectivity index (χ0v) is 8.48. The molecule has 2 rings (SSSR count). The maximum atomic E-state index is 9.53. The summed E-state index contributed by atoms with van der Waals surface area (Å²) in [6.07, 6.45) is 4.68. The van der Waals surface area contributed by atoms with Crippen LogP contribution >= 0.6 is 0 Å². The average molecular weight is 192 g/mol. The van der Waals surface area contributed by atoms with Gasteiger partial charge in [-0.25, -0.2) is 0 Å². The Morgan fingerprint density at radius 3 is 2.64 bits per heavy atom. The average Bonchev–Trinajstić information content (AvgIpc) is 2.13. The SMILES string of the molecule is CC1(O)CN(CCc2ccncc2)C1. The molecule has 1 aliphatic heterocycles. The maximum Gasteiger partial charge on any atom is 0.0872 e. The first-order valence-corrected chi connectivity index (χ1v) is 4.99. The van der Waals surface area contributed by atoms with Gasteiger partial charge in [-0.1, -0.05) is 0 Å². The number of likely N-dealkylation sites (tertiary alicyclic amines) is 1. The van der Waals surface area contributed by atoms with E-state index >= 15 is 0 Å². The smallest absolute Gasteiger partial charge is 0.0872 e. The lowest BCUT2D eigenvalue weighted by Gasteiger charge is -2.44. The van der Waals surface area contributed by atoms with Crippen LogP contribution in [0.25, 0.3) is 0 Å². The van der Waals surface area contributed by atoms with Gasteiger partial charge in [0, 0.05) is 32.0 Å². The second kappa shape index (κ2) is 3.67. The summed E-state index contributed by atoms with van der Waals surface area (Å²) in [5.41, 5.74) is 0.865. The summed E-state index contributed by atoms with van der Waals surface area (Å²) in [5, 5.41) is 9.53. The van der Waals surface area contributed by atoms with Crippen LogP contribution in [0.5, 0.6) is 0 Å². The van der Waals surface area contributed by atoms with Gasteiger partial charge in [-0.3, -0.25) is 9.88 Å². The molecule has 14 heavy (non-hydrogen) atoms. The zero-order valence-electron chi connectivity index (χ0n) is 8.48. The number of aromatic nitrogens is 1. The van der Waals surface area contributed by atoms with Gasteiger partial charge in [0.15, 0.2) is 0 Å². The number of β-amino-alcohol motifs (C(OH)–C–C–N with tert-alkyl or cyclic N) is 1. The molecular weight excluding hydrogens is 176 g/mol. The van der Waals surface area contributed by atoms with Crippen molar-refractivity contribution in [3.63, 3.8) is 0 Å². The van der Waals surface area contributed by atoms with Gasteiger partial charge in [0.25, 0.3) is 0 Å². The van der Waals surface area contributed by atoms with Gasteiger partial charge in [-0.15, -0.1) is 0 Å². The van der Waals surface area contributed by atoms with Gasteiger partial charge < -0.3 is 5.11 Å². The van der Waals surface area contributed by atoms with Crippen molar-refractivity contribution in [3.8, 4) is 0 Å². The molecule has 3 heteroatoms. The fourth-order valence-electron chi connectivity index (χ4n) is 1.91. The molecular formula is C11H16N2O. The Kier molecular flexibility index (Phi) is 2.52. The van der Waals surface area contributed by atoms with Crippen LogP contribution in [0.4, 0.5) is 0 Å². The summed E-state index contributed by atoms with van der Waals surface area (Å²) in [7, 11) is 0. The van der Waals surface area contributed by atoms with E-state index < -0.39 is 5.60 Å². The molecule has 76 valence electrons. The highest BCUT2D eigenvalue weighted by atomic mass is 16.3. The Labute approximate surface area is 84.4 Å². The first-order chi connectivity index (χ1) is 6.66. The van der Waals surface area contributed by atoms with Crippen LogP contribution in [0.3, 0.4) is 0 Å². The van der Waals surface area contributed by atoms with E-state index in [1.165, 1.54) is 5.56 Å². The lowest BCUT2D eigenvalue weighted by atomic mass is 9.96. The summed E-state index contributed by atoms with van der Waals surface area (Å²) >= 11 is 0. The van der Waals surface area contributed by atoms with E-state index in [0.717, 1.165) is 26.1 Å². The summed E-state index contributed by atoms with van der Waals surface area (Å²) in [6.45, 7) is 4.52. The largest absolute Gasteiger partial charge is 0.388 e. The van der Waals surface area contributed by atoms with E-state index in [2.05, 4.69) is 9.88 Å². The van der Waals surface area contributed by atoms with Gasteiger partial charge in [0.1, 0.15) is 0 Å². The van der Waals surface area contributed by atoms with E-state index in [-0.39, 0.29) is 0 Å². The van der Waals surface area contributed by atoms with Gasteiger partial charge in [-0.05, 0) is 31.0 Å². The van der Waals surface area contributed by atoms with E-state index in [1.807, 2.05) is 31.5 Å². The first kappa shape index (κ1) is 9.62. The van der Waals surface area contributed by atoms with Crippen LogP contribution in [-0.4, -0.2) is 40.2 Å². The van der Waals surface area contributed by atoms with Crippen molar-refractivity contribution in [3.05, 3.63) is 30.1 Å². The molecule has 3 nitrogen and oxygen atoms in total. The third-order valence-corrected chi connectivity index (χ3v) is 2.59. The summed E-state index contributed by atoms with van der Waals surface area (Å²) in [5.74, 6) is 0. The van der Waals surface area contributed by atoms with Crippen molar-refractivity contribution in [2.45, 2.75) is 18.9 Å². The van der Waals surface area contributed by atoms with Gasteiger partial charge >= 0.3 is 0 Å². The molecule has 1 aliphatic rings. The number of aliphatic hydroxyl groups is 1. The van der Waals surface area contributed by atoms with Crippen molar-refractivity contribution in [1.29, 1.82) is 0 Å². The van der Waals surface area contributed by atoms with Crippen molar-refractivity contribution in [2.24, 2.45) is 0 Å². The fourth-order valence-corrected chi connectivity index (χ4v) is 1.91. The highest BCUT2D eigenvalue weighted by Crippen LogP contribution is 2.19. The molecule has 1 N–H and O–H groups in total. The Hall–Kier alpha value is -0.930. The van der Waals surface area contributed by atoms with E-state index in [4.69, 9.17) is 0 Å². The monoisotopic (exact) mass is 192 g/mol. The Morgan fingerprint density at radius 1 is 1.43 bits per heavy atom. The molecule has 0 bridgehead atoms. The lowest BCUT2D eigenvalue weighted by molar-refractivity contribution is -0.0824. The molecule has 1 saturated heterocycles. The highest BCUT2D eigenvalue weighted by Gasteiger charge is 2.35. The van der Waals surface area contributed by atoms with Crippen molar-refractivity contribution in [2.75, 3.05) is 19.6 Å². The minimum atomic E-state index is -0.446. The van der Waals surface area contributed by atoms with Crippen LogP contribution in [0.2, 0.25) is 0 Å². The van der Waals surface area contributed by atoms with Crippen molar-refractivity contribution < 1.29 is 5.11 Å².